The first kappa shape index (κ1) is 22.8. The highest BCUT2D eigenvalue weighted by Gasteiger charge is 2.12. The number of fused-ring (bicyclic) bond motifs is 1. The van der Waals surface area contributed by atoms with Crippen LogP contribution in [0.2, 0.25) is 0 Å². The minimum atomic E-state index is -0.402. The number of anilines is 1. The van der Waals surface area contributed by atoms with Crippen molar-refractivity contribution in [1.82, 2.24) is 9.13 Å². The van der Waals surface area contributed by atoms with Crippen molar-refractivity contribution in [3.05, 3.63) is 94.4 Å². The minimum absolute atomic E-state index is 0.0796. The van der Waals surface area contributed by atoms with Gasteiger partial charge in [-0.2, -0.15) is 0 Å². The zero-order valence-electron chi connectivity index (χ0n) is 19.0. The number of benzene rings is 3. The molecule has 4 aromatic rings. The van der Waals surface area contributed by atoms with Gasteiger partial charge in [0.15, 0.2) is 0 Å². The van der Waals surface area contributed by atoms with Crippen LogP contribution in [0.3, 0.4) is 0 Å². The lowest BCUT2D eigenvalue weighted by molar-refractivity contribution is -0.145. The minimum Gasteiger partial charge on any atom is -0.497 e. The van der Waals surface area contributed by atoms with Gasteiger partial charge in [-0.25, -0.2) is 4.79 Å². The van der Waals surface area contributed by atoms with E-state index in [4.69, 9.17) is 9.47 Å². The van der Waals surface area contributed by atoms with Crippen LogP contribution >= 0.6 is 0 Å². The summed E-state index contributed by atoms with van der Waals surface area (Å²) in [6, 6.07) is 21.3. The number of rotatable bonds is 8. The quantitative estimate of drug-likeness (QED) is 0.406. The van der Waals surface area contributed by atoms with E-state index in [1.807, 2.05) is 24.3 Å². The summed E-state index contributed by atoms with van der Waals surface area (Å²) in [6.07, 6.45) is 0.0796. The molecular weight excluding hydrogens is 434 g/mol. The molecule has 8 nitrogen and oxygen atoms in total. The predicted octanol–water partition coefficient (Wildman–Crippen LogP) is 3.73. The number of imidazole rings is 1. The lowest BCUT2D eigenvalue weighted by Crippen LogP contribution is -2.23. The molecule has 0 fully saturated rings. The smallest absolute Gasteiger partial charge is 0.328 e. The number of hydrogen-bond donors (Lipinski definition) is 1. The van der Waals surface area contributed by atoms with Crippen LogP contribution in [0.15, 0.2) is 77.6 Å². The number of aromatic nitrogens is 2. The summed E-state index contributed by atoms with van der Waals surface area (Å²) < 4.78 is 13.6. The van der Waals surface area contributed by atoms with Gasteiger partial charge in [0.2, 0.25) is 0 Å². The lowest BCUT2D eigenvalue weighted by Gasteiger charge is -2.08. The van der Waals surface area contributed by atoms with Crippen LogP contribution in [-0.2, 0) is 29.7 Å². The van der Waals surface area contributed by atoms with Crippen LogP contribution in [-0.4, -0.2) is 28.1 Å². The van der Waals surface area contributed by atoms with Crippen LogP contribution in [0.5, 0.6) is 5.75 Å². The Morgan fingerprint density at radius 1 is 0.912 bits per heavy atom. The first-order valence-electron chi connectivity index (χ1n) is 10.8. The van der Waals surface area contributed by atoms with Crippen LogP contribution in [0.4, 0.5) is 5.69 Å². The van der Waals surface area contributed by atoms with Crippen molar-refractivity contribution in [2.45, 2.75) is 19.6 Å². The van der Waals surface area contributed by atoms with Gasteiger partial charge >= 0.3 is 11.7 Å². The number of carbonyl (C=O) groups excluding carboxylic acids is 2. The Balaban J connectivity index is 1.29. The van der Waals surface area contributed by atoms with Gasteiger partial charge in [0, 0.05) is 24.8 Å². The highest BCUT2D eigenvalue weighted by molar-refractivity contribution is 6.04. The Kier molecular flexibility index (Phi) is 6.77. The number of carbonyl (C=O) groups is 2. The fourth-order valence-electron chi connectivity index (χ4n) is 3.65. The number of para-hydroxylation sites is 2. The van der Waals surface area contributed by atoms with Gasteiger partial charge in [-0.3, -0.25) is 18.7 Å². The molecule has 0 unspecified atom stereocenters. The SMILES string of the molecule is COc1ccc(NC(=O)c2ccc(COC(=O)CCn3c(=O)n(C)c4ccccc43)cc2)cc1. The van der Waals surface area contributed by atoms with E-state index in [1.54, 1.807) is 71.8 Å². The molecule has 34 heavy (non-hydrogen) atoms. The molecule has 0 aliphatic rings. The van der Waals surface area contributed by atoms with Crippen LogP contribution < -0.4 is 15.7 Å². The molecule has 0 atom stereocenters. The van der Waals surface area contributed by atoms with E-state index in [-0.39, 0.29) is 31.2 Å². The van der Waals surface area contributed by atoms with Gasteiger partial charge in [-0.1, -0.05) is 24.3 Å². The Morgan fingerprint density at radius 3 is 2.26 bits per heavy atom. The zero-order valence-corrected chi connectivity index (χ0v) is 19.0. The second-order valence-corrected chi connectivity index (χ2v) is 7.77. The summed E-state index contributed by atoms with van der Waals surface area (Å²) >= 11 is 0. The third-order valence-electron chi connectivity index (χ3n) is 5.56. The summed E-state index contributed by atoms with van der Waals surface area (Å²) in [5, 5.41) is 2.82. The molecule has 0 aliphatic carbocycles. The van der Waals surface area contributed by atoms with Gasteiger partial charge < -0.3 is 14.8 Å². The fraction of sp³-hybridized carbons (Fsp3) is 0.192. The molecule has 1 aromatic heterocycles. The molecule has 1 N–H and O–H groups in total. The molecule has 1 amide bonds. The third-order valence-corrected chi connectivity index (χ3v) is 5.56. The highest BCUT2D eigenvalue weighted by atomic mass is 16.5. The Bertz CT molecular complexity index is 1370. The Labute approximate surface area is 196 Å². The number of methoxy groups -OCH3 is 1. The summed E-state index contributed by atoms with van der Waals surface area (Å²) in [5.74, 6) is 0.0662. The van der Waals surface area contributed by atoms with Gasteiger partial charge in [0.25, 0.3) is 5.91 Å². The van der Waals surface area contributed by atoms with Crippen molar-refractivity contribution in [2.75, 3.05) is 12.4 Å². The Morgan fingerprint density at radius 2 is 1.59 bits per heavy atom. The van der Waals surface area contributed by atoms with E-state index < -0.39 is 5.97 Å². The van der Waals surface area contributed by atoms with E-state index in [2.05, 4.69) is 5.32 Å². The van der Waals surface area contributed by atoms with Crippen molar-refractivity contribution < 1.29 is 19.1 Å². The fourth-order valence-corrected chi connectivity index (χ4v) is 3.65. The van der Waals surface area contributed by atoms with Gasteiger partial charge in [-0.05, 0) is 54.1 Å². The summed E-state index contributed by atoms with van der Waals surface area (Å²) in [7, 11) is 3.29. The molecule has 0 spiro atoms. The first-order valence-corrected chi connectivity index (χ1v) is 10.8. The topological polar surface area (TPSA) is 91.6 Å². The molecule has 4 rings (SSSR count). The van der Waals surface area contributed by atoms with Crippen molar-refractivity contribution in [2.24, 2.45) is 7.05 Å². The number of amides is 1. The second-order valence-electron chi connectivity index (χ2n) is 7.77. The average Bonchev–Trinajstić information content (AvgIpc) is 3.11. The first-order chi connectivity index (χ1) is 16.5. The van der Waals surface area contributed by atoms with Crippen molar-refractivity contribution in [3.63, 3.8) is 0 Å². The third kappa shape index (κ3) is 5.01. The average molecular weight is 460 g/mol. The largest absolute Gasteiger partial charge is 0.497 e. The summed E-state index contributed by atoms with van der Waals surface area (Å²) in [5.41, 5.74) is 3.34. The molecule has 8 heteroatoms. The van der Waals surface area contributed by atoms with E-state index >= 15 is 0 Å². The molecule has 0 radical (unpaired) electrons. The van der Waals surface area contributed by atoms with Gasteiger partial charge in [-0.15, -0.1) is 0 Å². The van der Waals surface area contributed by atoms with Crippen LogP contribution in [0, 0.1) is 0 Å². The van der Waals surface area contributed by atoms with Crippen molar-refractivity contribution in [3.8, 4) is 5.75 Å². The summed E-state index contributed by atoms with van der Waals surface area (Å²) in [6.45, 7) is 0.327. The number of aryl methyl sites for hydroxylation is 2. The van der Waals surface area contributed by atoms with Crippen molar-refractivity contribution in [1.29, 1.82) is 0 Å². The normalized spacial score (nSPS) is 10.8. The predicted molar refractivity (Wildman–Crippen MR) is 129 cm³/mol. The molecule has 0 saturated heterocycles. The standard InChI is InChI=1S/C26H25N3O5/c1-28-22-5-3-4-6-23(22)29(26(28)32)16-15-24(30)34-17-18-7-9-19(10-8-18)25(31)27-20-11-13-21(33-2)14-12-20/h3-14H,15-17H2,1-2H3,(H,27,31). The summed E-state index contributed by atoms with van der Waals surface area (Å²) in [4.78, 5) is 37.1. The van der Waals surface area contributed by atoms with Crippen LogP contribution in [0.1, 0.15) is 22.3 Å². The number of hydrogen-bond acceptors (Lipinski definition) is 5. The molecule has 0 bridgehead atoms. The van der Waals surface area contributed by atoms with Gasteiger partial charge in [0.05, 0.1) is 24.6 Å². The lowest BCUT2D eigenvalue weighted by atomic mass is 10.1. The van der Waals surface area contributed by atoms with E-state index in [1.165, 1.54) is 0 Å². The maximum absolute atomic E-state index is 12.4. The molecular formula is C26H25N3O5. The number of ether oxygens (including phenoxy) is 2. The second kappa shape index (κ2) is 10.1. The maximum atomic E-state index is 12.4. The molecule has 3 aromatic carbocycles. The Hall–Kier alpha value is -4.33. The van der Waals surface area contributed by atoms with E-state index in [0.717, 1.165) is 16.6 Å². The van der Waals surface area contributed by atoms with Crippen LogP contribution in [0.25, 0.3) is 11.0 Å². The molecule has 174 valence electrons. The van der Waals surface area contributed by atoms with Gasteiger partial charge in [0.1, 0.15) is 12.4 Å². The molecule has 1 heterocycles. The van der Waals surface area contributed by atoms with E-state index in [9.17, 15) is 14.4 Å². The number of esters is 1. The molecule has 0 saturated carbocycles. The maximum Gasteiger partial charge on any atom is 0.328 e. The number of nitrogens with zero attached hydrogens (tertiary/aromatic N) is 2. The highest BCUT2D eigenvalue weighted by Crippen LogP contribution is 2.16. The monoisotopic (exact) mass is 459 g/mol. The number of nitrogens with one attached hydrogen (secondary N) is 1. The zero-order chi connectivity index (χ0) is 24.1. The van der Waals surface area contributed by atoms with Crippen molar-refractivity contribution >= 4 is 28.6 Å². The van der Waals surface area contributed by atoms with E-state index in [0.29, 0.717) is 17.0 Å². The molecule has 0 aliphatic heterocycles.